The summed E-state index contributed by atoms with van der Waals surface area (Å²) in [6.07, 6.45) is 3.55. The van der Waals surface area contributed by atoms with E-state index in [4.69, 9.17) is 18.9 Å². The number of rotatable bonds is 4. The molecule has 3 atom stereocenters. The monoisotopic (exact) mass is 416 g/mol. The maximum atomic E-state index is 12.5. The van der Waals surface area contributed by atoms with Gasteiger partial charge in [-0.3, -0.25) is 9.59 Å². The number of ether oxygens (including phenoxy) is 4. The average Bonchev–Trinajstić information content (AvgIpc) is 3.08. The van der Waals surface area contributed by atoms with Gasteiger partial charge in [-0.25, -0.2) is 9.59 Å². The number of hydrogen-bond acceptors (Lipinski definition) is 8. The number of hydrogen-bond donors (Lipinski definition) is 0. The third-order valence-corrected chi connectivity index (χ3v) is 5.00. The van der Waals surface area contributed by atoms with E-state index in [2.05, 4.69) is 0 Å². The van der Waals surface area contributed by atoms with Crippen LogP contribution in [0.1, 0.15) is 41.0 Å². The van der Waals surface area contributed by atoms with E-state index in [9.17, 15) is 19.2 Å². The lowest BCUT2D eigenvalue weighted by atomic mass is 9.90. The maximum absolute atomic E-state index is 12.5. The van der Waals surface area contributed by atoms with Gasteiger partial charge in [0.25, 0.3) is 0 Å². The van der Waals surface area contributed by atoms with Crippen molar-refractivity contribution in [3.8, 4) is 0 Å². The molecule has 2 bridgehead atoms. The molecule has 30 heavy (non-hydrogen) atoms. The number of fused-ring (bicyclic) bond motifs is 3. The highest BCUT2D eigenvalue weighted by Gasteiger charge is 2.46. The smallest absolute Gasteiger partial charge is 0.343 e. The normalized spacial score (nSPS) is 27.5. The van der Waals surface area contributed by atoms with Gasteiger partial charge in [0.1, 0.15) is 24.2 Å². The van der Waals surface area contributed by atoms with Gasteiger partial charge in [-0.05, 0) is 27.2 Å². The standard InChI is InChI=1S/C22H24O8/c1-11(2)6-19(25)28-16-7-12(3)15-8-18(24)22(5,30-15)9-17-20(16)14(21(26)29-17)10-27-13(4)23/h6,8-9,12,16H,7,10H2,1-5H3. The van der Waals surface area contributed by atoms with Crippen molar-refractivity contribution in [2.45, 2.75) is 52.7 Å². The molecule has 160 valence electrons. The second-order valence-corrected chi connectivity index (χ2v) is 7.97. The Kier molecular flexibility index (Phi) is 5.70. The molecule has 0 saturated heterocycles. The minimum Gasteiger partial charge on any atom is -0.479 e. The van der Waals surface area contributed by atoms with E-state index in [1.54, 1.807) is 20.8 Å². The lowest BCUT2D eigenvalue weighted by Crippen LogP contribution is -2.31. The first-order valence-electron chi connectivity index (χ1n) is 9.62. The number of esters is 3. The van der Waals surface area contributed by atoms with Crippen LogP contribution in [0, 0.1) is 5.92 Å². The van der Waals surface area contributed by atoms with Crippen LogP contribution in [-0.2, 0) is 38.1 Å². The van der Waals surface area contributed by atoms with E-state index < -0.39 is 29.6 Å². The van der Waals surface area contributed by atoms with Crippen molar-refractivity contribution in [1.82, 2.24) is 0 Å². The minimum atomic E-state index is -1.35. The Morgan fingerprint density at radius 1 is 1.27 bits per heavy atom. The molecule has 0 amide bonds. The Morgan fingerprint density at radius 3 is 2.60 bits per heavy atom. The highest BCUT2D eigenvalue weighted by Crippen LogP contribution is 2.41. The summed E-state index contributed by atoms with van der Waals surface area (Å²) in [5.41, 5.74) is -0.237. The Bertz CT molecular complexity index is 944. The van der Waals surface area contributed by atoms with Crippen molar-refractivity contribution in [2.24, 2.45) is 5.92 Å². The Labute approximate surface area is 174 Å². The zero-order valence-corrected chi connectivity index (χ0v) is 17.6. The van der Waals surface area contributed by atoms with Crippen LogP contribution in [0.4, 0.5) is 0 Å². The molecular weight excluding hydrogens is 392 g/mol. The van der Waals surface area contributed by atoms with Gasteiger partial charge >= 0.3 is 17.9 Å². The summed E-state index contributed by atoms with van der Waals surface area (Å²) in [7, 11) is 0. The average molecular weight is 416 g/mol. The second-order valence-electron chi connectivity index (χ2n) is 7.97. The molecule has 3 aliphatic heterocycles. The zero-order chi connectivity index (χ0) is 22.2. The topological polar surface area (TPSA) is 105 Å². The van der Waals surface area contributed by atoms with Crippen LogP contribution in [0.15, 0.2) is 46.5 Å². The van der Waals surface area contributed by atoms with E-state index in [0.29, 0.717) is 5.76 Å². The van der Waals surface area contributed by atoms with Crippen LogP contribution in [0.2, 0.25) is 0 Å². The summed E-state index contributed by atoms with van der Waals surface area (Å²) in [6, 6.07) is 0. The van der Waals surface area contributed by atoms with Crippen LogP contribution < -0.4 is 0 Å². The summed E-state index contributed by atoms with van der Waals surface area (Å²) in [4.78, 5) is 48.7. The fourth-order valence-corrected chi connectivity index (χ4v) is 3.51. The van der Waals surface area contributed by atoms with E-state index >= 15 is 0 Å². The van der Waals surface area contributed by atoms with Gasteiger partial charge in [-0.15, -0.1) is 0 Å². The predicted octanol–water partition coefficient (Wildman–Crippen LogP) is 2.45. The van der Waals surface area contributed by atoms with Crippen LogP contribution in [-0.4, -0.2) is 42.0 Å². The van der Waals surface area contributed by atoms with E-state index in [0.717, 1.165) is 5.57 Å². The molecule has 0 aromatic carbocycles. The van der Waals surface area contributed by atoms with Crippen LogP contribution in [0.5, 0.6) is 0 Å². The second kappa shape index (κ2) is 7.93. The molecule has 3 unspecified atom stereocenters. The molecule has 0 aromatic heterocycles. The molecule has 3 aliphatic rings. The third kappa shape index (κ3) is 4.22. The van der Waals surface area contributed by atoms with Crippen molar-refractivity contribution in [3.63, 3.8) is 0 Å². The van der Waals surface area contributed by atoms with E-state index in [1.807, 2.05) is 6.92 Å². The predicted molar refractivity (Wildman–Crippen MR) is 104 cm³/mol. The van der Waals surface area contributed by atoms with Gasteiger partial charge < -0.3 is 18.9 Å². The first-order valence-corrected chi connectivity index (χ1v) is 9.62. The Balaban J connectivity index is 2.12. The van der Waals surface area contributed by atoms with Gasteiger partial charge in [0.2, 0.25) is 5.78 Å². The Morgan fingerprint density at radius 2 is 1.97 bits per heavy atom. The fourth-order valence-electron chi connectivity index (χ4n) is 3.51. The molecule has 0 N–H and O–H groups in total. The molecule has 8 heteroatoms. The summed E-state index contributed by atoms with van der Waals surface area (Å²) >= 11 is 0. The molecular formula is C22H24O8. The number of carbonyl (C=O) groups is 4. The van der Waals surface area contributed by atoms with Crippen LogP contribution in [0.3, 0.4) is 0 Å². The zero-order valence-electron chi connectivity index (χ0n) is 17.6. The van der Waals surface area contributed by atoms with Crippen molar-refractivity contribution < 1.29 is 38.1 Å². The number of allylic oxidation sites excluding steroid dienone is 2. The van der Waals surface area contributed by atoms with Gasteiger partial charge in [-0.2, -0.15) is 0 Å². The molecule has 3 heterocycles. The maximum Gasteiger partial charge on any atom is 0.343 e. The molecule has 0 saturated carbocycles. The van der Waals surface area contributed by atoms with Gasteiger partial charge in [-0.1, -0.05) is 12.5 Å². The summed E-state index contributed by atoms with van der Waals surface area (Å²) in [5, 5.41) is 0. The molecule has 3 rings (SSSR count). The highest BCUT2D eigenvalue weighted by atomic mass is 16.6. The summed E-state index contributed by atoms with van der Waals surface area (Å²) in [6.45, 7) is 7.82. The Hall–Kier alpha value is -3.16. The molecule has 0 aromatic rings. The first-order chi connectivity index (χ1) is 14.0. The summed E-state index contributed by atoms with van der Waals surface area (Å²) in [5.74, 6) is -1.90. The van der Waals surface area contributed by atoms with Gasteiger partial charge in [0.15, 0.2) is 5.60 Å². The first kappa shape index (κ1) is 21.5. The lowest BCUT2D eigenvalue weighted by molar-refractivity contribution is -0.143. The number of carbonyl (C=O) groups excluding carboxylic acids is 4. The lowest BCUT2D eigenvalue weighted by Gasteiger charge is -2.23. The van der Waals surface area contributed by atoms with Crippen molar-refractivity contribution >= 4 is 23.7 Å². The van der Waals surface area contributed by atoms with E-state index in [-0.39, 0.29) is 41.6 Å². The van der Waals surface area contributed by atoms with E-state index in [1.165, 1.54) is 25.2 Å². The summed E-state index contributed by atoms with van der Waals surface area (Å²) < 4.78 is 22.0. The van der Waals surface area contributed by atoms with Crippen molar-refractivity contribution in [2.75, 3.05) is 6.61 Å². The van der Waals surface area contributed by atoms with Crippen molar-refractivity contribution in [1.29, 1.82) is 0 Å². The third-order valence-electron chi connectivity index (χ3n) is 5.00. The molecule has 0 spiro atoms. The largest absolute Gasteiger partial charge is 0.479 e. The SMILES string of the molecule is CC(=O)OCC1=C2C(=CC3(C)OC(=CC3=O)C(C)CC2OC(=O)C=C(C)C)OC1=O. The van der Waals surface area contributed by atoms with Crippen LogP contribution in [0.25, 0.3) is 0 Å². The molecule has 0 fully saturated rings. The quantitative estimate of drug-likeness (QED) is 0.391. The molecule has 0 radical (unpaired) electrons. The molecule has 0 aliphatic carbocycles. The van der Waals surface area contributed by atoms with Gasteiger partial charge in [0.05, 0.1) is 5.57 Å². The number of ketones is 1. The van der Waals surface area contributed by atoms with Crippen LogP contribution >= 0.6 is 0 Å². The van der Waals surface area contributed by atoms with Gasteiger partial charge in [0, 0.05) is 36.6 Å². The molecule has 8 nitrogen and oxygen atoms in total. The fraction of sp³-hybridized carbons (Fsp3) is 0.455. The highest BCUT2D eigenvalue weighted by molar-refractivity contribution is 6.02. The van der Waals surface area contributed by atoms with Crippen molar-refractivity contribution in [3.05, 3.63) is 46.5 Å². The minimum absolute atomic E-state index is 0.0664.